The summed E-state index contributed by atoms with van der Waals surface area (Å²) in [6, 6.07) is -1.71. The van der Waals surface area contributed by atoms with E-state index in [1.165, 1.54) is 58.3 Å². The maximum atomic E-state index is 11.2. The topological polar surface area (TPSA) is 157 Å². The molecule has 0 aliphatic heterocycles. The number of nitrogens with one attached hydrogen (secondary N) is 1. The number of unbranched alkanes of at least 4 members (excludes halogenated alkanes) is 4. The minimum absolute atomic E-state index is 0.0449. The lowest BCUT2D eigenvalue weighted by molar-refractivity contribution is -0.142. The molecule has 1 amide bonds. The number of carbonyl (C=O) groups is 2. The Morgan fingerprint density at radius 2 is 1.26 bits per heavy atom. The van der Waals surface area contributed by atoms with Crippen LogP contribution in [0.25, 0.3) is 0 Å². The first-order chi connectivity index (χ1) is 16.1. The third-order valence-electron chi connectivity index (χ3n) is 5.92. The largest absolute Gasteiger partial charge is 0.480 e. The number of nitrogens with zero attached hydrogens (tertiary/aromatic N) is 1. The van der Waals surface area contributed by atoms with Gasteiger partial charge >= 0.3 is 5.97 Å². The molecule has 8 nitrogen and oxygen atoms in total. The van der Waals surface area contributed by atoms with Crippen LogP contribution in [-0.4, -0.2) is 66.2 Å². The van der Waals surface area contributed by atoms with Gasteiger partial charge in [0.25, 0.3) is 0 Å². The van der Waals surface area contributed by atoms with Gasteiger partial charge < -0.3 is 27.6 Å². The van der Waals surface area contributed by atoms with Crippen molar-refractivity contribution < 1.29 is 14.7 Å². The third kappa shape index (κ3) is 19.0. The minimum Gasteiger partial charge on any atom is -0.480 e. The van der Waals surface area contributed by atoms with Crippen molar-refractivity contribution in [2.24, 2.45) is 22.2 Å². The lowest BCUT2D eigenvalue weighted by atomic mass is 10.1. The average molecular weight is 505 g/mol. The highest BCUT2D eigenvalue weighted by Crippen LogP contribution is 2.61. The maximum Gasteiger partial charge on any atom is 0.326 e. The lowest BCUT2D eigenvalue weighted by Gasteiger charge is -2.28. The normalized spacial score (nSPS) is 12.8. The van der Waals surface area contributed by atoms with Crippen LogP contribution in [0, 0.1) is 0 Å². The molecule has 0 aromatic carbocycles. The Labute approximate surface area is 209 Å². The van der Waals surface area contributed by atoms with Crippen LogP contribution in [0.1, 0.15) is 98.8 Å². The molecule has 0 aliphatic carbocycles. The van der Waals surface area contributed by atoms with Crippen LogP contribution >= 0.6 is 7.26 Å². The van der Waals surface area contributed by atoms with Crippen LogP contribution in [0.5, 0.6) is 0 Å². The molecule has 2 unspecified atom stereocenters. The number of hydrogen-bond acceptors (Lipinski definition) is 4. The van der Waals surface area contributed by atoms with Gasteiger partial charge in [-0.05, 0) is 45.4 Å². The van der Waals surface area contributed by atoms with Crippen LogP contribution in [0.3, 0.4) is 0 Å². The number of nitrogens with two attached hydrogens (primary N) is 3. The molecule has 0 fully saturated rings. The number of aliphatic carboxylic acids is 1. The molecule has 8 N–H and O–H groups in total. The van der Waals surface area contributed by atoms with E-state index in [2.05, 4.69) is 38.0 Å². The molecule has 0 spiro atoms. The Kier molecular flexibility index (Phi) is 22.6. The molecule has 34 heavy (non-hydrogen) atoms. The van der Waals surface area contributed by atoms with Crippen LogP contribution in [0.4, 0.5) is 0 Å². The van der Waals surface area contributed by atoms with Crippen LogP contribution in [-0.2, 0) is 9.59 Å². The quantitative estimate of drug-likeness (QED) is 0.0769. The van der Waals surface area contributed by atoms with Gasteiger partial charge in [0.2, 0.25) is 5.91 Å². The molecule has 0 saturated heterocycles. The van der Waals surface area contributed by atoms with Crippen LogP contribution in [0.15, 0.2) is 4.99 Å². The van der Waals surface area contributed by atoms with Crippen molar-refractivity contribution >= 4 is 25.1 Å². The second-order valence-corrected chi connectivity index (χ2v) is 13.8. The second kappa shape index (κ2) is 22.1. The number of guanidine groups is 1. The fourth-order valence-electron chi connectivity index (χ4n) is 3.71. The molecule has 0 heterocycles. The van der Waals surface area contributed by atoms with Crippen molar-refractivity contribution in [3.8, 4) is 0 Å². The van der Waals surface area contributed by atoms with Crippen molar-refractivity contribution in [3.05, 3.63) is 0 Å². The Hall–Kier alpha value is -1.40. The highest BCUT2D eigenvalue weighted by molar-refractivity contribution is 7.75. The van der Waals surface area contributed by atoms with Gasteiger partial charge in [0.15, 0.2) is 5.96 Å². The fraction of sp³-hybridized carbons (Fsp3) is 0.880. The summed E-state index contributed by atoms with van der Waals surface area (Å²) >= 11 is 0. The summed E-state index contributed by atoms with van der Waals surface area (Å²) < 4.78 is 0. The molecule has 0 radical (unpaired) electrons. The van der Waals surface area contributed by atoms with Gasteiger partial charge in [-0.25, -0.2) is 4.79 Å². The van der Waals surface area contributed by atoms with E-state index in [1.807, 2.05) is 0 Å². The molecular formula is C25H55N5O3P+. The van der Waals surface area contributed by atoms with E-state index in [0.717, 1.165) is 0 Å². The zero-order valence-corrected chi connectivity index (χ0v) is 23.5. The summed E-state index contributed by atoms with van der Waals surface area (Å²) in [5, 5.41) is 11.2. The lowest BCUT2D eigenvalue weighted by Crippen LogP contribution is -2.47. The average Bonchev–Trinajstić information content (AvgIpc) is 2.80. The van der Waals surface area contributed by atoms with Gasteiger partial charge in [-0.2, -0.15) is 0 Å². The highest BCUT2D eigenvalue weighted by Gasteiger charge is 2.34. The van der Waals surface area contributed by atoms with E-state index in [0.29, 0.717) is 13.0 Å². The molecule has 0 saturated carbocycles. The standard InChI is InChI=1S/C16H36P.C9H19N5O3/c1-5-9-13-17(14-10-6-2,15-11-7-3)16-12-8-4;1-5(10)7(15)14-6(8(16)17)3-2-4-13-9(11)12/h5-16H2,1-4H3;5-6H,2-4,10H2,1H3,(H,14,15)(H,16,17)(H4,11,12,13)/q+1;. The predicted molar refractivity (Wildman–Crippen MR) is 149 cm³/mol. The van der Waals surface area contributed by atoms with Crippen molar-refractivity contribution in [2.75, 3.05) is 31.2 Å². The molecule has 202 valence electrons. The molecule has 0 rings (SSSR count). The molecule has 0 bridgehead atoms. The molecular weight excluding hydrogens is 449 g/mol. The highest BCUT2D eigenvalue weighted by atomic mass is 31.2. The zero-order valence-electron chi connectivity index (χ0n) is 22.7. The van der Waals surface area contributed by atoms with Crippen LogP contribution in [0.2, 0.25) is 0 Å². The van der Waals surface area contributed by atoms with Crippen molar-refractivity contribution in [1.29, 1.82) is 0 Å². The zero-order chi connectivity index (χ0) is 26.4. The Balaban J connectivity index is 0. The van der Waals surface area contributed by atoms with Gasteiger partial charge in [0.1, 0.15) is 6.04 Å². The van der Waals surface area contributed by atoms with Gasteiger partial charge in [0.05, 0.1) is 30.7 Å². The SMILES string of the molecule is CC(N)C(=O)NC(CCCN=C(N)N)C(=O)O.CCCC[P+](CCCC)(CCCC)CCCC. The number of carbonyl (C=O) groups excluding carboxylic acids is 1. The fourth-order valence-corrected chi connectivity index (χ4v) is 9.00. The molecule has 0 aliphatic rings. The smallest absolute Gasteiger partial charge is 0.326 e. The summed E-state index contributed by atoms with van der Waals surface area (Å²) in [5.41, 5.74) is 15.5. The number of hydrogen-bond donors (Lipinski definition) is 5. The molecule has 0 aromatic rings. The maximum absolute atomic E-state index is 11.2. The Morgan fingerprint density at radius 3 is 1.56 bits per heavy atom. The monoisotopic (exact) mass is 504 g/mol. The van der Waals surface area contributed by atoms with E-state index in [1.54, 1.807) is 24.6 Å². The minimum atomic E-state index is -1.11. The van der Waals surface area contributed by atoms with Crippen molar-refractivity contribution in [3.63, 3.8) is 0 Å². The first-order valence-electron chi connectivity index (χ1n) is 13.3. The number of carboxylic acids is 1. The summed E-state index contributed by atoms with van der Waals surface area (Å²) in [5.74, 6) is -1.65. The number of amides is 1. The van der Waals surface area contributed by atoms with Crippen molar-refractivity contribution in [1.82, 2.24) is 5.32 Å². The van der Waals surface area contributed by atoms with E-state index in [4.69, 9.17) is 22.3 Å². The number of rotatable bonds is 19. The second-order valence-electron chi connectivity index (χ2n) is 9.29. The van der Waals surface area contributed by atoms with Gasteiger partial charge in [-0.3, -0.25) is 9.79 Å². The summed E-state index contributed by atoms with van der Waals surface area (Å²) in [4.78, 5) is 25.8. The summed E-state index contributed by atoms with van der Waals surface area (Å²) in [7, 11) is -0.562. The van der Waals surface area contributed by atoms with E-state index in [9.17, 15) is 9.59 Å². The molecule has 2 atom stereocenters. The first kappa shape index (κ1) is 34.8. The van der Waals surface area contributed by atoms with Crippen molar-refractivity contribution in [2.45, 2.75) is 111 Å². The van der Waals surface area contributed by atoms with E-state index < -0.39 is 31.2 Å². The number of aliphatic imine (C=N–C) groups is 1. The van der Waals surface area contributed by atoms with Gasteiger partial charge in [0, 0.05) is 13.8 Å². The van der Waals surface area contributed by atoms with Crippen LogP contribution < -0.4 is 22.5 Å². The summed E-state index contributed by atoms with van der Waals surface area (Å²) in [6.07, 6.45) is 18.6. The molecule has 0 aromatic heterocycles. The molecule has 9 heteroatoms. The summed E-state index contributed by atoms with van der Waals surface area (Å²) in [6.45, 7) is 11.2. The number of carboxylic acid groups (broad SMARTS) is 1. The third-order valence-corrected chi connectivity index (χ3v) is 11.0. The first-order valence-corrected chi connectivity index (χ1v) is 15.8. The predicted octanol–water partition coefficient (Wildman–Crippen LogP) is 4.16. The Morgan fingerprint density at radius 1 is 0.853 bits per heavy atom. The van der Waals surface area contributed by atoms with E-state index in [-0.39, 0.29) is 12.4 Å². The van der Waals surface area contributed by atoms with Gasteiger partial charge in [-0.1, -0.05) is 53.4 Å². The van der Waals surface area contributed by atoms with E-state index >= 15 is 0 Å². The van der Waals surface area contributed by atoms with Gasteiger partial charge in [-0.15, -0.1) is 0 Å². The Bertz CT molecular complexity index is 517.